The van der Waals surface area contributed by atoms with Gasteiger partial charge in [-0.2, -0.15) is 0 Å². The number of nitrogens with zero attached hydrogens (tertiary/aromatic N) is 3. The minimum Gasteiger partial charge on any atom is -0.455 e. The molecule has 0 saturated carbocycles. The summed E-state index contributed by atoms with van der Waals surface area (Å²) < 4.78 is 10.8. The van der Waals surface area contributed by atoms with Crippen LogP contribution in [0.5, 0.6) is 11.5 Å². The van der Waals surface area contributed by atoms with Gasteiger partial charge in [0.15, 0.2) is 11.6 Å². The number of hydrogen-bond donors (Lipinski definition) is 2. The molecule has 0 aliphatic carbocycles. The van der Waals surface area contributed by atoms with Gasteiger partial charge < -0.3 is 19.9 Å². The molecule has 0 radical (unpaired) electrons. The molecule has 2 N–H and O–H groups in total. The minimum absolute atomic E-state index is 0.296. The van der Waals surface area contributed by atoms with Gasteiger partial charge in [-0.15, -0.1) is 0 Å². The molecule has 4 aromatic rings. The Bertz CT molecular complexity index is 1110. The van der Waals surface area contributed by atoms with Crippen LogP contribution in [0.2, 0.25) is 0 Å². The van der Waals surface area contributed by atoms with E-state index in [2.05, 4.69) is 25.8 Å². The van der Waals surface area contributed by atoms with E-state index < -0.39 is 0 Å². The van der Waals surface area contributed by atoms with Crippen LogP contribution in [0.15, 0.2) is 77.6 Å². The molecule has 0 spiro atoms. The maximum Gasteiger partial charge on any atom is 0.260 e. The highest BCUT2D eigenvalue weighted by Gasteiger charge is 2.11. The van der Waals surface area contributed by atoms with Gasteiger partial charge in [0.1, 0.15) is 11.5 Å². The molecule has 2 aromatic carbocycles. The van der Waals surface area contributed by atoms with E-state index in [0.717, 1.165) is 5.75 Å². The van der Waals surface area contributed by atoms with Crippen LogP contribution in [-0.2, 0) is 0 Å². The molecule has 0 unspecified atom stereocenters. The third-order valence-corrected chi connectivity index (χ3v) is 3.89. The van der Waals surface area contributed by atoms with Crippen molar-refractivity contribution >= 4 is 23.4 Å². The van der Waals surface area contributed by atoms with Gasteiger partial charge in [-0.25, -0.2) is 9.97 Å². The van der Waals surface area contributed by atoms with E-state index >= 15 is 0 Å². The Morgan fingerprint density at radius 2 is 1.72 bits per heavy atom. The van der Waals surface area contributed by atoms with Gasteiger partial charge >= 0.3 is 0 Å². The highest BCUT2D eigenvalue weighted by molar-refractivity contribution is 6.03. The second kappa shape index (κ2) is 8.22. The summed E-state index contributed by atoms with van der Waals surface area (Å²) in [5.74, 6) is 2.25. The molecule has 144 valence electrons. The molecule has 0 aliphatic rings. The van der Waals surface area contributed by atoms with Crippen molar-refractivity contribution in [1.29, 1.82) is 0 Å². The number of nitrogens with one attached hydrogen (secondary N) is 2. The number of aryl methyl sites for hydroxylation is 1. The van der Waals surface area contributed by atoms with Crippen LogP contribution in [0.25, 0.3) is 0 Å². The van der Waals surface area contributed by atoms with Crippen LogP contribution in [-0.4, -0.2) is 21.0 Å². The molecule has 2 aromatic heterocycles. The molecule has 0 bridgehead atoms. The number of aromatic nitrogens is 3. The SMILES string of the molecule is Cc1cc(NC(=O)c2cnc(Nc3ccccc3Oc3ccccc3)nc2)no1. The summed E-state index contributed by atoms with van der Waals surface area (Å²) in [4.78, 5) is 20.7. The van der Waals surface area contributed by atoms with Crippen molar-refractivity contribution in [2.45, 2.75) is 6.92 Å². The first-order chi connectivity index (χ1) is 14.2. The summed E-state index contributed by atoms with van der Waals surface area (Å²) in [5, 5.41) is 9.45. The highest BCUT2D eigenvalue weighted by Crippen LogP contribution is 2.30. The summed E-state index contributed by atoms with van der Waals surface area (Å²) in [6, 6.07) is 18.5. The van der Waals surface area contributed by atoms with Crippen LogP contribution < -0.4 is 15.4 Å². The van der Waals surface area contributed by atoms with Crippen molar-refractivity contribution in [2.75, 3.05) is 10.6 Å². The number of rotatable bonds is 6. The fourth-order valence-corrected chi connectivity index (χ4v) is 2.52. The molecule has 0 atom stereocenters. The molecule has 0 fully saturated rings. The lowest BCUT2D eigenvalue weighted by atomic mass is 10.3. The fraction of sp³-hybridized carbons (Fsp3) is 0.0476. The number of benzene rings is 2. The van der Waals surface area contributed by atoms with Gasteiger partial charge in [0.25, 0.3) is 5.91 Å². The van der Waals surface area contributed by atoms with E-state index in [1.807, 2.05) is 54.6 Å². The van der Waals surface area contributed by atoms with Crippen molar-refractivity contribution < 1.29 is 14.1 Å². The Hall–Kier alpha value is -4.20. The standard InChI is InChI=1S/C21H17N5O3/c1-14-11-19(26-29-14)25-20(27)15-12-22-21(23-13-15)24-17-9-5-6-10-18(17)28-16-7-3-2-4-8-16/h2-13H,1H3,(H,22,23,24)(H,25,26,27). The number of carbonyl (C=O) groups excluding carboxylic acids is 1. The Kier molecular flexibility index (Phi) is 5.15. The average molecular weight is 387 g/mol. The predicted molar refractivity (Wildman–Crippen MR) is 107 cm³/mol. The van der Waals surface area contributed by atoms with E-state index in [9.17, 15) is 4.79 Å². The first-order valence-corrected chi connectivity index (χ1v) is 8.83. The molecule has 4 rings (SSSR count). The first-order valence-electron chi connectivity index (χ1n) is 8.83. The Morgan fingerprint density at radius 3 is 2.45 bits per heavy atom. The lowest BCUT2D eigenvalue weighted by molar-refractivity contribution is 0.102. The number of anilines is 3. The smallest absolute Gasteiger partial charge is 0.260 e. The molecule has 0 saturated heterocycles. The number of amides is 1. The monoisotopic (exact) mass is 387 g/mol. The zero-order valence-electron chi connectivity index (χ0n) is 15.5. The molecule has 2 heterocycles. The van der Waals surface area contributed by atoms with Gasteiger partial charge in [-0.05, 0) is 31.2 Å². The molecule has 1 amide bonds. The van der Waals surface area contributed by atoms with Gasteiger partial charge in [0, 0.05) is 18.5 Å². The topological polar surface area (TPSA) is 102 Å². The molecule has 8 heteroatoms. The Balaban J connectivity index is 1.46. The fourth-order valence-electron chi connectivity index (χ4n) is 2.52. The number of para-hydroxylation sites is 3. The highest BCUT2D eigenvalue weighted by atomic mass is 16.5. The zero-order valence-corrected chi connectivity index (χ0v) is 15.5. The van der Waals surface area contributed by atoms with Gasteiger partial charge in [-0.1, -0.05) is 35.5 Å². The van der Waals surface area contributed by atoms with Crippen molar-refractivity contribution in [3.63, 3.8) is 0 Å². The van der Waals surface area contributed by atoms with Gasteiger partial charge in [0.05, 0.1) is 11.3 Å². The Labute approximate surface area is 166 Å². The van der Waals surface area contributed by atoms with E-state index in [-0.39, 0.29) is 5.91 Å². The maximum absolute atomic E-state index is 12.2. The lowest BCUT2D eigenvalue weighted by Crippen LogP contribution is -2.13. The normalized spacial score (nSPS) is 10.4. The van der Waals surface area contributed by atoms with Crippen molar-refractivity contribution in [3.8, 4) is 11.5 Å². The third kappa shape index (κ3) is 4.56. The second-order valence-electron chi connectivity index (χ2n) is 6.11. The van der Waals surface area contributed by atoms with Gasteiger partial charge in [-0.3, -0.25) is 4.79 Å². The summed E-state index contributed by atoms with van der Waals surface area (Å²) in [6.45, 7) is 1.74. The zero-order chi connectivity index (χ0) is 20.1. The van der Waals surface area contributed by atoms with Crippen LogP contribution in [0.4, 0.5) is 17.5 Å². The van der Waals surface area contributed by atoms with Gasteiger partial charge in [0.2, 0.25) is 5.95 Å². The second-order valence-corrected chi connectivity index (χ2v) is 6.11. The lowest BCUT2D eigenvalue weighted by Gasteiger charge is -2.12. The van der Waals surface area contributed by atoms with Crippen LogP contribution in [0, 0.1) is 6.92 Å². The van der Waals surface area contributed by atoms with Crippen LogP contribution >= 0.6 is 0 Å². The largest absolute Gasteiger partial charge is 0.455 e. The summed E-state index contributed by atoms with van der Waals surface area (Å²) in [7, 11) is 0. The number of ether oxygens (including phenoxy) is 1. The Morgan fingerprint density at radius 1 is 1.00 bits per heavy atom. The van der Waals surface area contributed by atoms with E-state index in [1.165, 1.54) is 12.4 Å². The maximum atomic E-state index is 12.2. The summed E-state index contributed by atoms with van der Waals surface area (Å²) in [5.41, 5.74) is 0.997. The summed E-state index contributed by atoms with van der Waals surface area (Å²) >= 11 is 0. The average Bonchev–Trinajstić information content (AvgIpc) is 3.15. The first kappa shape index (κ1) is 18.2. The quantitative estimate of drug-likeness (QED) is 0.500. The summed E-state index contributed by atoms with van der Waals surface area (Å²) in [6.07, 6.45) is 2.86. The minimum atomic E-state index is -0.377. The van der Waals surface area contributed by atoms with Crippen molar-refractivity contribution in [1.82, 2.24) is 15.1 Å². The predicted octanol–water partition coefficient (Wildman–Crippen LogP) is 4.56. The third-order valence-electron chi connectivity index (χ3n) is 3.89. The van der Waals surface area contributed by atoms with Crippen molar-refractivity contribution in [2.24, 2.45) is 0 Å². The molecule has 29 heavy (non-hydrogen) atoms. The van der Waals surface area contributed by atoms with Crippen LogP contribution in [0.1, 0.15) is 16.1 Å². The number of carbonyl (C=O) groups is 1. The van der Waals surface area contributed by atoms with E-state index in [4.69, 9.17) is 9.26 Å². The van der Waals surface area contributed by atoms with Crippen LogP contribution in [0.3, 0.4) is 0 Å². The molecular weight excluding hydrogens is 370 g/mol. The van der Waals surface area contributed by atoms with Crippen molar-refractivity contribution in [3.05, 3.63) is 84.4 Å². The van der Waals surface area contributed by atoms with E-state index in [0.29, 0.717) is 34.5 Å². The molecule has 8 nitrogen and oxygen atoms in total. The van der Waals surface area contributed by atoms with E-state index in [1.54, 1.807) is 13.0 Å². The number of hydrogen-bond acceptors (Lipinski definition) is 7. The molecule has 0 aliphatic heterocycles. The molecular formula is C21H17N5O3.